The summed E-state index contributed by atoms with van der Waals surface area (Å²) in [6, 6.07) is 9.87. The zero-order valence-corrected chi connectivity index (χ0v) is 11.9. The predicted octanol–water partition coefficient (Wildman–Crippen LogP) is 1.88. The summed E-state index contributed by atoms with van der Waals surface area (Å²) in [5, 5.41) is 0. The quantitative estimate of drug-likeness (QED) is 0.825. The number of hydrogen-bond donors (Lipinski definition) is 0. The smallest absolute Gasteiger partial charge is 0.409 e. The number of ether oxygens (including phenoxy) is 1. The molecule has 20 heavy (non-hydrogen) atoms. The van der Waals surface area contributed by atoms with E-state index < -0.39 is 0 Å². The molecule has 5 heteroatoms. The van der Waals surface area contributed by atoms with Gasteiger partial charge in [0.1, 0.15) is 6.10 Å². The van der Waals surface area contributed by atoms with Crippen molar-refractivity contribution in [3.8, 4) is 0 Å². The fraction of sp³-hybridized carbons (Fsp3) is 0.467. The highest BCUT2D eigenvalue weighted by molar-refractivity contribution is 5.76. The number of nitrogens with zero attached hydrogens (tertiary/aromatic N) is 2. The maximum Gasteiger partial charge on any atom is 0.409 e. The minimum atomic E-state index is -0.305. The molecule has 1 atom stereocenters. The van der Waals surface area contributed by atoms with Gasteiger partial charge in [-0.1, -0.05) is 30.3 Å². The second-order valence-corrected chi connectivity index (χ2v) is 5.16. The van der Waals surface area contributed by atoms with Crippen LogP contribution in [0.5, 0.6) is 0 Å². The second-order valence-electron chi connectivity index (χ2n) is 5.16. The molecule has 0 N–H and O–H groups in total. The summed E-state index contributed by atoms with van der Waals surface area (Å²) in [5.41, 5.74) is 1.11. The Kier molecular flexibility index (Phi) is 4.61. The van der Waals surface area contributed by atoms with Crippen molar-refractivity contribution in [2.75, 3.05) is 20.6 Å². The number of carbonyl (C=O) groups excluding carboxylic acids is 2. The first kappa shape index (κ1) is 14.4. The van der Waals surface area contributed by atoms with Gasteiger partial charge in [0.2, 0.25) is 5.91 Å². The van der Waals surface area contributed by atoms with E-state index in [1.54, 1.807) is 19.0 Å². The lowest BCUT2D eigenvalue weighted by atomic mass is 10.1. The number of hydrogen-bond acceptors (Lipinski definition) is 3. The van der Waals surface area contributed by atoms with E-state index in [1.165, 1.54) is 4.90 Å². The van der Waals surface area contributed by atoms with Crippen LogP contribution in [0.1, 0.15) is 18.4 Å². The molecule has 0 bridgehead atoms. The molecule has 1 heterocycles. The van der Waals surface area contributed by atoms with Crippen LogP contribution in [0.4, 0.5) is 4.79 Å². The van der Waals surface area contributed by atoms with Crippen molar-refractivity contribution >= 4 is 12.0 Å². The first-order chi connectivity index (χ1) is 9.56. The van der Waals surface area contributed by atoms with Gasteiger partial charge >= 0.3 is 6.09 Å². The molecular formula is C15H20N2O3. The van der Waals surface area contributed by atoms with Crippen LogP contribution in [0, 0.1) is 0 Å². The van der Waals surface area contributed by atoms with Crippen LogP contribution in [-0.2, 0) is 16.1 Å². The monoisotopic (exact) mass is 276 g/mol. The minimum Gasteiger partial charge on any atom is -0.444 e. The lowest BCUT2D eigenvalue weighted by Gasteiger charge is -2.18. The molecule has 1 aromatic rings. The number of carbonyl (C=O) groups is 2. The maximum atomic E-state index is 12.0. The van der Waals surface area contributed by atoms with Crippen molar-refractivity contribution in [1.29, 1.82) is 0 Å². The highest BCUT2D eigenvalue weighted by Crippen LogP contribution is 2.14. The summed E-state index contributed by atoms with van der Waals surface area (Å²) in [7, 11) is 3.49. The third-order valence-electron chi connectivity index (χ3n) is 3.43. The topological polar surface area (TPSA) is 49.9 Å². The van der Waals surface area contributed by atoms with E-state index in [9.17, 15) is 9.59 Å². The minimum absolute atomic E-state index is 0.0689. The molecule has 1 unspecified atom stereocenters. The Hall–Kier alpha value is -2.04. The van der Waals surface area contributed by atoms with Gasteiger partial charge < -0.3 is 14.5 Å². The van der Waals surface area contributed by atoms with E-state index in [-0.39, 0.29) is 18.1 Å². The normalized spacial score (nSPS) is 18.0. The highest BCUT2D eigenvalue weighted by atomic mass is 16.6. The number of likely N-dealkylation sites (N-methyl/N-ethyl adjacent to an activating group) is 1. The summed E-state index contributed by atoms with van der Waals surface area (Å²) < 4.78 is 5.14. The van der Waals surface area contributed by atoms with Crippen LogP contribution in [-0.4, -0.2) is 48.5 Å². The Labute approximate surface area is 119 Å². The van der Waals surface area contributed by atoms with Gasteiger partial charge in [0, 0.05) is 27.1 Å². The summed E-state index contributed by atoms with van der Waals surface area (Å²) in [4.78, 5) is 26.5. The summed E-state index contributed by atoms with van der Waals surface area (Å²) in [6.45, 7) is 1.17. The maximum absolute atomic E-state index is 12.0. The molecule has 1 aliphatic rings. The van der Waals surface area contributed by atoms with Crippen molar-refractivity contribution in [1.82, 2.24) is 9.80 Å². The van der Waals surface area contributed by atoms with Crippen LogP contribution >= 0.6 is 0 Å². The first-order valence-corrected chi connectivity index (χ1v) is 6.76. The molecule has 0 saturated carbocycles. The Balaban J connectivity index is 1.76. The van der Waals surface area contributed by atoms with Gasteiger partial charge in [-0.2, -0.15) is 0 Å². The van der Waals surface area contributed by atoms with Crippen molar-refractivity contribution in [3.05, 3.63) is 35.9 Å². The third kappa shape index (κ3) is 3.73. The Morgan fingerprint density at radius 2 is 2.10 bits per heavy atom. The van der Waals surface area contributed by atoms with Gasteiger partial charge in [0.15, 0.2) is 0 Å². The van der Waals surface area contributed by atoms with Gasteiger partial charge in [0.25, 0.3) is 0 Å². The first-order valence-electron chi connectivity index (χ1n) is 6.76. The Bertz CT molecular complexity index is 475. The molecule has 1 saturated heterocycles. The van der Waals surface area contributed by atoms with Gasteiger partial charge in [-0.3, -0.25) is 4.79 Å². The molecule has 1 fully saturated rings. The highest BCUT2D eigenvalue weighted by Gasteiger charge is 2.28. The van der Waals surface area contributed by atoms with Crippen molar-refractivity contribution < 1.29 is 14.3 Å². The standard InChI is InChI=1S/C15H20N2O3/c1-16(10-12-6-4-3-5-7-12)14(18)9-8-13-11-17(2)15(19)20-13/h3-7,13H,8-11H2,1-2H3. The lowest BCUT2D eigenvalue weighted by Crippen LogP contribution is -2.27. The SMILES string of the molecule is CN(Cc1ccccc1)C(=O)CCC1CN(C)C(=O)O1. The summed E-state index contributed by atoms with van der Waals surface area (Å²) >= 11 is 0. The second kappa shape index (κ2) is 6.41. The number of benzene rings is 1. The molecular weight excluding hydrogens is 256 g/mol. The van der Waals surface area contributed by atoms with Gasteiger partial charge in [-0.05, 0) is 12.0 Å². The number of cyclic esters (lactones) is 1. The molecule has 2 rings (SSSR count). The summed E-state index contributed by atoms with van der Waals surface area (Å²) in [5.74, 6) is 0.0689. The molecule has 0 aromatic heterocycles. The molecule has 1 aliphatic heterocycles. The fourth-order valence-electron chi connectivity index (χ4n) is 2.22. The van der Waals surface area contributed by atoms with E-state index in [2.05, 4.69) is 0 Å². The molecule has 2 amide bonds. The van der Waals surface area contributed by atoms with Gasteiger partial charge in [0.05, 0.1) is 6.54 Å². The molecule has 108 valence electrons. The van der Waals surface area contributed by atoms with Crippen molar-refractivity contribution in [2.45, 2.75) is 25.5 Å². The van der Waals surface area contributed by atoms with E-state index >= 15 is 0 Å². The zero-order valence-electron chi connectivity index (χ0n) is 11.9. The average molecular weight is 276 g/mol. The summed E-state index contributed by atoms with van der Waals surface area (Å²) in [6.07, 6.45) is 0.505. The van der Waals surface area contributed by atoms with E-state index in [0.717, 1.165) is 5.56 Å². The molecule has 0 aliphatic carbocycles. The molecule has 0 spiro atoms. The van der Waals surface area contributed by atoms with Crippen LogP contribution in [0.15, 0.2) is 30.3 Å². The third-order valence-corrected chi connectivity index (χ3v) is 3.43. The largest absolute Gasteiger partial charge is 0.444 e. The molecule has 5 nitrogen and oxygen atoms in total. The molecule has 1 aromatic carbocycles. The lowest BCUT2D eigenvalue weighted by molar-refractivity contribution is -0.130. The number of rotatable bonds is 5. The van der Waals surface area contributed by atoms with Crippen molar-refractivity contribution in [2.24, 2.45) is 0 Å². The fourth-order valence-corrected chi connectivity index (χ4v) is 2.22. The predicted molar refractivity (Wildman–Crippen MR) is 75.0 cm³/mol. The average Bonchev–Trinajstić information content (AvgIpc) is 2.76. The van der Waals surface area contributed by atoms with Gasteiger partial charge in [-0.15, -0.1) is 0 Å². The Morgan fingerprint density at radius 3 is 2.70 bits per heavy atom. The van der Waals surface area contributed by atoms with Crippen LogP contribution in [0.3, 0.4) is 0 Å². The zero-order chi connectivity index (χ0) is 14.5. The van der Waals surface area contributed by atoms with Gasteiger partial charge in [-0.25, -0.2) is 4.79 Å². The van der Waals surface area contributed by atoms with E-state index in [0.29, 0.717) is 25.9 Å². The van der Waals surface area contributed by atoms with Crippen LogP contribution < -0.4 is 0 Å². The Morgan fingerprint density at radius 1 is 1.40 bits per heavy atom. The number of amides is 2. The van der Waals surface area contributed by atoms with Crippen LogP contribution in [0.25, 0.3) is 0 Å². The van der Waals surface area contributed by atoms with E-state index in [1.807, 2.05) is 30.3 Å². The van der Waals surface area contributed by atoms with Crippen molar-refractivity contribution in [3.63, 3.8) is 0 Å². The van der Waals surface area contributed by atoms with Crippen LogP contribution in [0.2, 0.25) is 0 Å². The molecule has 0 radical (unpaired) electrons. The van der Waals surface area contributed by atoms with E-state index in [4.69, 9.17) is 4.74 Å².